The highest BCUT2D eigenvalue weighted by atomic mass is 16.5. The Balaban J connectivity index is 2.32. The van der Waals surface area contributed by atoms with Gasteiger partial charge in [0.05, 0.1) is 0 Å². The van der Waals surface area contributed by atoms with Crippen molar-refractivity contribution in [1.82, 2.24) is 0 Å². The van der Waals surface area contributed by atoms with Crippen LogP contribution in [0.4, 0.5) is 0 Å². The smallest absolute Gasteiger partial charge is 0.331 e. The van der Waals surface area contributed by atoms with E-state index >= 15 is 0 Å². The normalized spacial score (nSPS) is 18.7. The van der Waals surface area contributed by atoms with Crippen molar-refractivity contribution in [1.29, 1.82) is 0 Å². The summed E-state index contributed by atoms with van der Waals surface area (Å²) in [6.07, 6.45) is 8.09. The molecule has 1 N–H and O–H groups in total. The molecule has 1 aliphatic rings. The lowest BCUT2D eigenvalue weighted by molar-refractivity contribution is -0.144. The summed E-state index contributed by atoms with van der Waals surface area (Å²) in [7, 11) is 0. The zero-order valence-corrected chi connectivity index (χ0v) is 8.65. The summed E-state index contributed by atoms with van der Waals surface area (Å²) in [5, 5.41) is 8.32. The molecule has 0 unspecified atom stereocenters. The number of carboxylic acid groups (broad SMARTS) is 1. The summed E-state index contributed by atoms with van der Waals surface area (Å²) < 4.78 is 5.13. The fourth-order valence-corrected chi connectivity index (χ4v) is 1.70. The standard InChI is InChI=1S/C11H16O4/c12-10(13)7-8-11(14)15-9-5-3-1-2-4-6-9/h7-9H,1-6H2,(H,12,13). The van der Waals surface area contributed by atoms with Crippen LogP contribution in [0.1, 0.15) is 38.5 Å². The molecule has 4 nitrogen and oxygen atoms in total. The number of carboxylic acids is 1. The lowest BCUT2D eigenvalue weighted by Gasteiger charge is -2.13. The largest absolute Gasteiger partial charge is 0.478 e. The van der Waals surface area contributed by atoms with Crippen LogP contribution in [0, 0.1) is 0 Å². The second kappa shape index (κ2) is 6.22. The number of hydrogen-bond acceptors (Lipinski definition) is 3. The number of aliphatic carboxylic acids is 1. The van der Waals surface area contributed by atoms with Crippen LogP contribution in [0.5, 0.6) is 0 Å². The first-order valence-electron chi connectivity index (χ1n) is 5.30. The zero-order valence-electron chi connectivity index (χ0n) is 8.65. The average Bonchev–Trinajstić information content (AvgIpc) is 2.43. The number of ether oxygens (including phenoxy) is 1. The van der Waals surface area contributed by atoms with Crippen LogP contribution in [-0.4, -0.2) is 23.1 Å². The fourth-order valence-electron chi connectivity index (χ4n) is 1.70. The number of carbonyl (C=O) groups is 2. The molecule has 84 valence electrons. The maximum Gasteiger partial charge on any atom is 0.331 e. The number of carbonyl (C=O) groups excluding carboxylic acids is 1. The summed E-state index contributed by atoms with van der Waals surface area (Å²) in [6.45, 7) is 0. The van der Waals surface area contributed by atoms with Gasteiger partial charge >= 0.3 is 11.9 Å². The van der Waals surface area contributed by atoms with Crippen molar-refractivity contribution in [3.05, 3.63) is 12.2 Å². The third kappa shape index (κ3) is 5.20. The van der Waals surface area contributed by atoms with Gasteiger partial charge in [-0.1, -0.05) is 12.8 Å². The molecule has 0 bridgehead atoms. The van der Waals surface area contributed by atoms with Crippen LogP contribution < -0.4 is 0 Å². The van der Waals surface area contributed by atoms with Gasteiger partial charge in [-0.25, -0.2) is 9.59 Å². The highest BCUT2D eigenvalue weighted by molar-refractivity contribution is 5.90. The predicted octanol–water partition coefficient (Wildman–Crippen LogP) is 1.89. The van der Waals surface area contributed by atoms with Gasteiger partial charge in [0.15, 0.2) is 0 Å². The van der Waals surface area contributed by atoms with Gasteiger partial charge in [-0.3, -0.25) is 0 Å². The molecule has 0 amide bonds. The molecule has 0 atom stereocenters. The minimum absolute atomic E-state index is 0.0292. The molecule has 4 heteroatoms. The molecule has 0 heterocycles. The molecule has 0 aromatic heterocycles. The molecular formula is C11H16O4. The van der Waals surface area contributed by atoms with Crippen LogP contribution >= 0.6 is 0 Å². The van der Waals surface area contributed by atoms with Gasteiger partial charge in [0.25, 0.3) is 0 Å². The maximum absolute atomic E-state index is 11.2. The molecule has 1 fully saturated rings. The monoisotopic (exact) mass is 212 g/mol. The molecule has 0 saturated heterocycles. The number of rotatable bonds is 3. The maximum atomic E-state index is 11.2. The Kier molecular flexibility index (Phi) is 4.87. The second-order valence-electron chi connectivity index (χ2n) is 3.72. The molecule has 0 spiro atoms. The third-order valence-corrected chi connectivity index (χ3v) is 2.45. The van der Waals surface area contributed by atoms with Gasteiger partial charge in [0, 0.05) is 12.2 Å². The highest BCUT2D eigenvalue weighted by Gasteiger charge is 2.15. The second-order valence-corrected chi connectivity index (χ2v) is 3.72. The van der Waals surface area contributed by atoms with E-state index in [0.29, 0.717) is 0 Å². The summed E-state index contributed by atoms with van der Waals surface area (Å²) in [6, 6.07) is 0. The summed E-state index contributed by atoms with van der Waals surface area (Å²) in [5.74, 6) is -1.68. The van der Waals surface area contributed by atoms with Crippen molar-refractivity contribution in [2.45, 2.75) is 44.6 Å². The van der Waals surface area contributed by atoms with Crippen LogP contribution in [0.25, 0.3) is 0 Å². The van der Waals surface area contributed by atoms with Crippen molar-refractivity contribution < 1.29 is 19.4 Å². The molecule has 0 aromatic carbocycles. The Hall–Kier alpha value is -1.32. The van der Waals surface area contributed by atoms with Gasteiger partial charge in [-0.05, 0) is 25.7 Å². The molecule has 1 saturated carbocycles. The SMILES string of the molecule is O=C(O)C=CC(=O)OC1CCCCCC1. The lowest BCUT2D eigenvalue weighted by atomic mass is 10.1. The van der Waals surface area contributed by atoms with Gasteiger partial charge in [-0.2, -0.15) is 0 Å². The Bertz CT molecular complexity index is 249. The number of hydrogen-bond donors (Lipinski definition) is 1. The first-order valence-corrected chi connectivity index (χ1v) is 5.30. The van der Waals surface area contributed by atoms with Crippen LogP contribution in [0.15, 0.2) is 12.2 Å². The van der Waals surface area contributed by atoms with E-state index in [-0.39, 0.29) is 6.10 Å². The van der Waals surface area contributed by atoms with Crippen molar-refractivity contribution in [3.8, 4) is 0 Å². The Morgan fingerprint density at radius 3 is 2.20 bits per heavy atom. The van der Waals surface area contributed by atoms with Crippen LogP contribution in [-0.2, 0) is 14.3 Å². The fraction of sp³-hybridized carbons (Fsp3) is 0.636. The van der Waals surface area contributed by atoms with Crippen molar-refractivity contribution in [2.24, 2.45) is 0 Å². The van der Waals surface area contributed by atoms with Crippen molar-refractivity contribution in [3.63, 3.8) is 0 Å². The van der Waals surface area contributed by atoms with Crippen LogP contribution in [0.3, 0.4) is 0 Å². The topological polar surface area (TPSA) is 63.6 Å². The molecule has 0 aromatic rings. The Labute approximate surface area is 88.9 Å². The molecule has 1 aliphatic carbocycles. The summed E-state index contributed by atoms with van der Waals surface area (Å²) >= 11 is 0. The van der Waals surface area contributed by atoms with E-state index in [4.69, 9.17) is 9.84 Å². The van der Waals surface area contributed by atoms with Gasteiger partial charge < -0.3 is 9.84 Å². The molecule has 0 radical (unpaired) electrons. The highest BCUT2D eigenvalue weighted by Crippen LogP contribution is 2.19. The third-order valence-electron chi connectivity index (χ3n) is 2.45. The van der Waals surface area contributed by atoms with Gasteiger partial charge in [0.1, 0.15) is 6.10 Å². The van der Waals surface area contributed by atoms with Crippen molar-refractivity contribution in [2.75, 3.05) is 0 Å². The van der Waals surface area contributed by atoms with Gasteiger partial charge in [-0.15, -0.1) is 0 Å². The Morgan fingerprint density at radius 1 is 1.07 bits per heavy atom. The van der Waals surface area contributed by atoms with E-state index in [9.17, 15) is 9.59 Å². The first-order chi connectivity index (χ1) is 7.18. The van der Waals surface area contributed by atoms with E-state index in [1.165, 1.54) is 12.8 Å². The number of esters is 1. The average molecular weight is 212 g/mol. The minimum atomic E-state index is -1.13. The Morgan fingerprint density at radius 2 is 1.67 bits per heavy atom. The van der Waals surface area contributed by atoms with E-state index in [1.807, 2.05) is 0 Å². The summed E-state index contributed by atoms with van der Waals surface area (Å²) in [4.78, 5) is 21.3. The summed E-state index contributed by atoms with van der Waals surface area (Å²) in [5.41, 5.74) is 0. The quantitative estimate of drug-likeness (QED) is 0.441. The zero-order chi connectivity index (χ0) is 11.1. The van der Waals surface area contributed by atoms with E-state index in [0.717, 1.165) is 37.8 Å². The molecular weight excluding hydrogens is 196 g/mol. The first kappa shape index (κ1) is 11.8. The molecule has 15 heavy (non-hydrogen) atoms. The van der Waals surface area contributed by atoms with Crippen molar-refractivity contribution >= 4 is 11.9 Å². The minimum Gasteiger partial charge on any atom is -0.478 e. The molecule has 1 rings (SSSR count). The van der Waals surface area contributed by atoms with E-state index in [2.05, 4.69) is 0 Å². The molecule has 0 aliphatic heterocycles. The van der Waals surface area contributed by atoms with Crippen LogP contribution in [0.2, 0.25) is 0 Å². The van der Waals surface area contributed by atoms with E-state index < -0.39 is 11.9 Å². The lowest BCUT2D eigenvalue weighted by Crippen LogP contribution is -2.15. The van der Waals surface area contributed by atoms with Gasteiger partial charge in [0.2, 0.25) is 0 Å². The predicted molar refractivity (Wildman–Crippen MR) is 54.4 cm³/mol. The van der Waals surface area contributed by atoms with E-state index in [1.54, 1.807) is 0 Å².